The number of hydrogen-bond donors (Lipinski definition) is 2. The number of nitrogens with zero attached hydrogens (tertiary/aromatic N) is 1. The third kappa shape index (κ3) is 3.06. The number of aromatic nitrogens is 2. The largest absolute Gasteiger partial charge is 0.493 e. The van der Waals surface area contributed by atoms with E-state index in [1.807, 2.05) is 0 Å². The summed E-state index contributed by atoms with van der Waals surface area (Å²) in [5, 5.41) is 0.720. The van der Waals surface area contributed by atoms with Crippen molar-refractivity contribution in [1.82, 2.24) is 14.9 Å². The molecule has 2 aromatic heterocycles. The third-order valence-electron chi connectivity index (χ3n) is 6.36. The normalized spacial score (nSPS) is 16.7. The Hall–Kier alpha value is -4.21. The molecule has 5 rings (SSSR count). The summed E-state index contributed by atoms with van der Waals surface area (Å²) in [5.41, 5.74) is 2.82. The predicted molar refractivity (Wildman–Crippen MR) is 121 cm³/mol. The number of likely N-dealkylation sites (tertiary alicyclic amines) is 1. The average Bonchev–Trinajstić information content (AvgIpc) is 3.58. The van der Waals surface area contributed by atoms with E-state index in [4.69, 9.17) is 18.9 Å². The van der Waals surface area contributed by atoms with Crippen LogP contribution in [0.4, 0.5) is 0 Å². The average molecular weight is 465 g/mol. The van der Waals surface area contributed by atoms with Gasteiger partial charge in [0.15, 0.2) is 11.5 Å². The molecule has 1 aromatic carbocycles. The first-order chi connectivity index (χ1) is 16.4. The number of hydrogen-bond acceptors (Lipinski definition) is 7. The number of esters is 1. The van der Waals surface area contributed by atoms with Crippen molar-refractivity contribution >= 4 is 28.6 Å². The number of methoxy groups -OCH3 is 4. The van der Waals surface area contributed by atoms with Gasteiger partial charge in [0, 0.05) is 29.6 Å². The molecule has 2 aliphatic rings. The maximum atomic E-state index is 13.5. The van der Waals surface area contributed by atoms with Gasteiger partial charge in [-0.25, -0.2) is 4.79 Å². The second-order valence-electron chi connectivity index (χ2n) is 8.03. The van der Waals surface area contributed by atoms with E-state index in [1.54, 1.807) is 23.1 Å². The molecular weight excluding hydrogens is 442 g/mol. The molecule has 1 unspecified atom stereocenters. The number of benzene rings is 1. The van der Waals surface area contributed by atoms with E-state index in [0.29, 0.717) is 58.4 Å². The molecule has 176 valence electrons. The molecular formula is C24H23N3O7. The fraction of sp³-hybridized carbons (Fsp3) is 0.292. The summed E-state index contributed by atoms with van der Waals surface area (Å²) in [6.07, 6.45) is 2.09. The summed E-state index contributed by atoms with van der Waals surface area (Å²) in [6.45, 7) is 0.430. The maximum absolute atomic E-state index is 13.5. The Balaban J connectivity index is 1.51. The van der Waals surface area contributed by atoms with Gasteiger partial charge in [0.2, 0.25) is 11.5 Å². The summed E-state index contributed by atoms with van der Waals surface area (Å²) in [5.74, 6) is 0.0379. The molecule has 3 heterocycles. The Morgan fingerprint density at radius 1 is 0.971 bits per heavy atom. The van der Waals surface area contributed by atoms with Crippen LogP contribution >= 0.6 is 0 Å². The Kier molecular flexibility index (Phi) is 5.07. The third-order valence-corrected chi connectivity index (χ3v) is 6.36. The summed E-state index contributed by atoms with van der Waals surface area (Å²) < 4.78 is 21.1. The quantitative estimate of drug-likeness (QED) is 0.555. The Bertz CT molecular complexity index is 1380. The van der Waals surface area contributed by atoms with Gasteiger partial charge in [-0.05, 0) is 30.2 Å². The molecule has 1 aliphatic carbocycles. The van der Waals surface area contributed by atoms with Gasteiger partial charge >= 0.3 is 5.97 Å². The van der Waals surface area contributed by atoms with Crippen molar-refractivity contribution in [2.24, 2.45) is 0 Å². The molecule has 1 fully saturated rings. The molecule has 34 heavy (non-hydrogen) atoms. The number of carbonyl (C=O) groups excluding carboxylic acids is 3. The van der Waals surface area contributed by atoms with Gasteiger partial charge in [0.1, 0.15) is 11.4 Å². The maximum Gasteiger partial charge on any atom is 0.354 e. The summed E-state index contributed by atoms with van der Waals surface area (Å²) in [6, 6.07) is 5.12. The number of amides is 1. The van der Waals surface area contributed by atoms with E-state index in [9.17, 15) is 14.4 Å². The van der Waals surface area contributed by atoms with Crippen LogP contribution in [0, 0.1) is 0 Å². The van der Waals surface area contributed by atoms with Crippen molar-refractivity contribution in [2.45, 2.75) is 12.3 Å². The van der Waals surface area contributed by atoms with Crippen LogP contribution in [0.3, 0.4) is 0 Å². The highest BCUT2D eigenvalue weighted by Gasteiger charge is 2.40. The van der Waals surface area contributed by atoms with Gasteiger partial charge in [-0.3, -0.25) is 9.59 Å². The molecule has 3 aromatic rings. The molecule has 1 aliphatic heterocycles. The van der Waals surface area contributed by atoms with Crippen molar-refractivity contribution in [3.8, 4) is 17.2 Å². The van der Waals surface area contributed by atoms with Crippen LogP contribution in [0.1, 0.15) is 49.4 Å². The molecule has 10 heteroatoms. The highest BCUT2D eigenvalue weighted by Crippen LogP contribution is 2.45. The van der Waals surface area contributed by atoms with E-state index >= 15 is 0 Å². The first-order valence-electron chi connectivity index (χ1n) is 10.6. The first-order valence-corrected chi connectivity index (χ1v) is 10.6. The standard InChI is InChI=1S/C24H23N3O7/c1-31-18-8-11-7-14(25-19(11)22(33-3)21(18)32-2)23(29)27-6-5-12-13-9-15(24(30)34-4)26-20(13)17(28)10-16(12)27/h7-10,12,25-26H,5-6H2,1-4H3. The number of fused-ring (bicyclic) bond motifs is 4. The van der Waals surface area contributed by atoms with Crippen LogP contribution in [0.25, 0.3) is 10.9 Å². The predicted octanol–water partition coefficient (Wildman–Crippen LogP) is 3.02. The lowest BCUT2D eigenvalue weighted by Gasteiger charge is -2.23. The number of ketones is 1. The fourth-order valence-electron chi connectivity index (χ4n) is 4.82. The van der Waals surface area contributed by atoms with Gasteiger partial charge in [0.05, 0.1) is 39.6 Å². The minimum Gasteiger partial charge on any atom is -0.493 e. The van der Waals surface area contributed by atoms with Gasteiger partial charge in [-0.15, -0.1) is 0 Å². The number of aromatic amines is 2. The summed E-state index contributed by atoms with van der Waals surface area (Å²) in [4.78, 5) is 45.8. The molecule has 0 bridgehead atoms. The van der Waals surface area contributed by atoms with Gasteiger partial charge < -0.3 is 33.8 Å². The van der Waals surface area contributed by atoms with Gasteiger partial charge in [-0.2, -0.15) is 0 Å². The molecule has 1 atom stereocenters. The van der Waals surface area contributed by atoms with Crippen molar-refractivity contribution in [2.75, 3.05) is 35.0 Å². The molecule has 0 spiro atoms. The topological polar surface area (TPSA) is 123 Å². The van der Waals surface area contributed by atoms with Crippen LogP contribution < -0.4 is 14.2 Å². The first kappa shape index (κ1) is 21.6. The Morgan fingerprint density at radius 2 is 1.74 bits per heavy atom. The van der Waals surface area contributed by atoms with Crippen molar-refractivity contribution < 1.29 is 33.3 Å². The smallest absolute Gasteiger partial charge is 0.354 e. The highest BCUT2D eigenvalue weighted by atomic mass is 16.5. The van der Waals surface area contributed by atoms with Crippen LogP contribution in [0.15, 0.2) is 30.0 Å². The van der Waals surface area contributed by atoms with E-state index in [2.05, 4.69) is 9.97 Å². The van der Waals surface area contributed by atoms with E-state index in [1.165, 1.54) is 34.5 Å². The zero-order valence-electron chi connectivity index (χ0n) is 19.1. The second kappa shape index (κ2) is 7.98. The minimum absolute atomic E-state index is 0.176. The van der Waals surface area contributed by atoms with Gasteiger partial charge in [0.25, 0.3) is 5.91 Å². The number of nitrogens with one attached hydrogen (secondary N) is 2. The number of rotatable bonds is 5. The SMILES string of the molecule is COC(=O)c1cc2c([nH]1)C(=O)C=C1C2CCN1C(=O)c1cc2cc(OC)c(OC)c(OC)c2[nH]1. The minimum atomic E-state index is -0.549. The Labute approximate surface area is 194 Å². The van der Waals surface area contributed by atoms with Crippen LogP contribution in [-0.4, -0.2) is 67.5 Å². The molecule has 2 N–H and O–H groups in total. The van der Waals surface area contributed by atoms with Gasteiger partial charge in [-0.1, -0.05) is 0 Å². The number of carbonyl (C=O) groups is 3. The lowest BCUT2D eigenvalue weighted by atomic mass is 9.89. The fourth-order valence-corrected chi connectivity index (χ4v) is 4.82. The molecule has 1 saturated heterocycles. The molecule has 0 saturated carbocycles. The van der Waals surface area contributed by atoms with Crippen LogP contribution in [0.2, 0.25) is 0 Å². The molecule has 10 nitrogen and oxygen atoms in total. The second-order valence-corrected chi connectivity index (χ2v) is 8.03. The zero-order chi connectivity index (χ0) is 24.1. The highest BCUT2D eigenvalue weighted by molar-refractivity contribution is 6.09. The monoisotopic (exact) mass is 465 g/mol. The Morgan fingerprint density at radius 3 is 2.41 bits per heavy atom. The van der Waals surface area contributed by atoms with Crippen LogP contribution in [0.5, 0.6) is 17.2 Å². The number of allylic oxidation sites excluding steroid dienone is 2. The van der Waals surface area contributed by atoms with Crippen LogP contribution in [-0.2, 0) is 4.74 Å². The molecule has 1 amide bonds. The van der Waals surface area contributed by atoms with Crippen molar-refractivity contribution in [3.63, 3.8) is 0 Å². The van der Waals surface area contributed by atoms with Crippen molar-refractivity contribution in [1.29, 1.82) is 0 Å². The van der Waals surface area contributed by atoms with Crippen molar-refractivity contribution in [3.05, 3.63) is 52.6 Å². The number of ether oxygens (including phenoxy) is 4. The lowest BCUT2D eigenvalue weighted by Crippen LogP contribution is -2.29. The summed E-state index contributed by atoms with van der Waals surface area (Å²) in [7, 11) is 5.84. The lowest BCUT2D eigenvalue weighted by molar-refractivity contribution is 0.0594. The van der Waals surface area contributed by atoms with E-state index in [-0.39, 0.29) is 23.3 Å². The molecule has 0 radical (unpaired) electrons. The zero-order valence-corrected chi connectivity index (χ0v) is 19.1. The van der Waals surface area contributed by atoms with E-state index in [0.717, 1.165) is 5.39 Å². The number of H-pyrrole nitrogens is 2. The summed E-state index contributed by atoms with van der Waals surface area (Å²) >= 11 is 0. The van der Waals surface area contributed by atoms with E-state index < -0.39 is 5.97 Å².